The van der Waals surface area contributed by atoms with Crippen LogP contribution < -0.4 is 16.0 Å². The van der Waals surface area contributed by atoms with Crippen LogP contribution in [0.1, 0.15) is 30.4 Å². The smallest absolute Gasteiger partial charge is 0.265 e. The molecular formula is C20H16ClN3O3S. The number of hydrogen-bond acceptors (Lipinski definition) is 4. The Kier molecular flexibility index (Phi) is 6.08. The first-order valence-electron chi connectivity index (χ1n) is 8.26. The molecule has 3 N–H and O–H groups in total. The average Bonchev–Trinajstić information content (AvgIpc) is 3.24. The van der Waals surface area contributed by atoms with Crippen molar-refractivity contribution in [3.8, 4) is 0 Å². The summed E-state index contributed by atoms with van der Waals surface area (Å²) < 4.78 is 0. The molecule has 0 aliphatic rings. The molecule has 8 heteroatoms. The van der Waals surface area contributed by atoms with Gasteiger partial charge in [-0.2, -0.15) is 0 Å². The summed E-state index contributed by atoms with van der Waals surface area (Å²) in [6, 6.07) is 14.6. The summed E-state index contributed by atoms with van der Waals surface area (Å²) in [4.78, 5) is 36.9. The number of benzene rings is 2. The Hall–Kier alpha value is -3.16. The summed E-state index contributed by atoms with van der Waals surface area (Å²) in [5, 5.41) is 10.1. The van der Waals surface area contributed by atoms with E-state index in [4.69, 9.17) is 11.6 Å². The fourth-order valence-electron chi connectivity index (χ4n) is 2.41. The molecule has 0 spiro atoms. The van der Waals surface area contributed by atoms with Crippen molar-refractivity contribution in [1.29, 1.82) is 0 Å². The highest BCUT2D eigenvalue weighted by Crippen LogP contribution is 2.25. The fraction of sp³-hybridized carbons (Fsp3) is 0.0500. The molecule has 0 saturated heterocycles. The second-order valence-corrected chi connectivity index (χ2v) is 7.09. The van der Waals surface area contributed by atoms with Crippen LogP contribution in [0, 0.1) is 0 Å². The van der Waals surface area contributed by atoms with Crippen LogP contribution in [0.4, 0.5) is 11.4 Å². The van der Waals surface area contributed by atoms with Crippen molar-refractivity contribution >= 4 is 52.0 Å². The van der Waals surface area contributed by atoms with E-state index < -0.39 is 0 Å². The maximum atomic E-state index is 12.5. The molecule has 28 heavy (non-hydrogen) atoms. The SMILES string of the molecule is CNC(=O)c1ccc(NC(=O)c2ccc(Cl)c(NC(=O)c3cccs3)c2)cc1. The summed E-state index contributed by atoms with van der Waals surface area (Å²) in [5.41, 5.74) is 1.71. The minimum absolute atomic E-state index is 0.207. The summed E-state index contributed by atoms with van der Waals surface area (Å²) in [7, 11) is 1.55. The van der Waals surface area contributed by atoms with Gasteiger partial charge in [-0.25, -0.2) is 0 Å². The van der Waals surface area contributed by atoms with Crippen LogP contribution in [0.15, 0.2) is 60.0 Å². The highest BCUT2D eigenvalue weighted by molar-refractivity contribution is 7.12. The van der Waals surface area contributed by atoms with E-state index in [1.54, 1.807) is 61.0 Å². The Bertz CT molecular complexity index is 1020. The van der Waals surface area contributed by atoms with E-state index in [0.29, 0.717) is 32.4 Å². The molecule has 0 aliphatic carbocycles. The molecule has 0 radical (unpaired) electrons. The van der Waals surface area contributed by atoms with Crippen LogP contribution in [0.2, 0.25) is 5.02 Å². The normalized spacial score (nSPS) is 10.2. The van der Waals surface area contributed by atoms with Crippen molar-refractivity contribution in [3.63, 3.8) is 0 Å². The first-order valence-corrected chi connectivity index (χ1v) is 9.51. The van der Waals surface area contributed by atoms with Gasteiger partial charge in [-0.05, 0) is 53.9 Å². The van der Waals surface area contributed by atoms with Gasteiger partial charge in [0.05, 0.1) is 15.6 Å². The highest BCUT2D eigenvalue weighted by atomic mass is 35.5. The lowest BCUT2D eigenvalue weighted by Crippen LogP contribution is -2.18. The number of rotatable bonds is 5. The number of thiophene rings is 1. The van der Waals surface area contributed by atoms with Gasteiger partial charge in [0.25, 0.3) is 17.7 Å². The lowest BCUT2D eigenvalue weighted by molar-refractivity contribution is 0.0961. The second-order valence-electron chi connectivity index (χ2n) is 5.74. The van der Waals surface area contributed by atoms with Gasteiger partial charge in [-0.15, -0.1) is 11.3 Å². The molecule has 0 atom stereocenters. The highest BCUT2D eigenvalue weighted by Gasteiger charge is 2.13. The van der Waals surface area contributed by atoms with E-state index in [0.717, 1.165) is 0 Å². The van der Waals surface area contributed by atoms with Crippen molar-refractivity contribution in [1.82, 2.24) is 5.32 Å². The Morgan fingerprint density at radius 2 is 1.57 bits per heavy atom. The molecule has 6 nitrogen and oxygen atoms in total. The van der Waals surface area contributed by atoms with Gasteiger partial charge in [0.1, 0.15) is 0 Å². The fourth-order valence-corrected chi connectivity index (χ4v) is 3.19. The topological polar surface area (TPSA) is 87.3 Å². The Labute approximate surface area is 170 Å². The first-order chi connectivity index (χ1) is 13.5. The molecule has 0 unspecified atom stereocenters. The zero-order chi connectivity index (χ0) is 20.1. The summed E-state index contributed by atoms with van der Waals surface area (Å²) >= 11 is 7.46. The molecule has 3 amide bonds. The minimum Gasteiger partial charge on any atom is -0.355 e. The largest absolute Gasteiger partial charge is 0.355 e. The maximum absolute atomic E-state index is 12.5. The molecule has 1 heterocycles. The number of anilines is 2. The number of halogens is 1. The number of amides is 3. The van der Waals surface area contributed by atoms with Gasteiger partial charge < -0.3 is 16.0 Å². The number of carbonyl (C=O) groups excluding carboxylic acids is 3. The molecule has 2 aromatic carbocycles. The summed E-state index contributed by atoms with van der Waals surface area (Å²) in [6.45, 7) is 0. The van der Waals surface area contributed by atoms with Crippen molar-refractivity contribution in [2.24, 2.45) is 0 Å². The lowest BCUT2D eigenvalue weighted by atomic mass is 10.1. The molecule has 3 aromatic rings. The molecule has 142 valence electrons. The Morgan fingerprint density at radius 3 is 2.21 bits per heavy atom. The first kappa shape index (κ1) is 19.6. The van der Waals surface area contributed by atoms with Gasteiger partial charge in [-0.3, -0.25) is 14.4 Å². The van der Waals surface area contributed by atoms with E-state index in [1.165, 1.54) is 17.4 Å². The van der Waals surface area contributed by atoms with E-state index in [2.05, 4.69) is 16.0 Å². The Balaban J connectivity index is 1.73. The van der Waals surface area contributed by atoms with Crippen LogP contribution >= 0.6 is 22.9 Å². The molecular weight excluding hydrogens is 398 g/mol. The molecule has 0 saturated carbocycles. The van der Waals surface area contributed by atoms with Gasteiger partial charge in [0.15, 0.2) is 0 Å². The average molecular weight is 414 g/mol. The standard InChI is InChI=1S/C20H16ClN3O3S/c1-22-18(25)12-4-7-14(8-5-12)23-19(26)13-6-9-15(21)16(11-13)24-20(27)17-3-2-10-28-17/h2-11H,1H3,(H,22,25)(H,23,26)(H,24,27). The van der Waals surface area contributed by atoms with E-state index in [9.17, 15) is 14.4 Å². The predicted molar refractivity (Wildman–Crippen MR) is 112 cm³/mol. The van der Waals surface area contributed by atoms with E-state index >= 15 is 0 Å². The maximum Gasteiger partial charge on any atom is 0.265 e. The molecule has 0 fully saturated rings. The third-order valence-electron chi connectivity index (χ3n) is 3.85. The zero-order valence-corrected chi connectivity index (χ0v) is 16.4. The van der Waals surface area contributed by atoms with Crippen molar-refractivity contribution in [3.05, 3.63) is 81.0 Å². The van der Waals surface area contributed by atoms with Crippen LogP contribution in [-0.4, -0.2) is 24.8 Å². The monoisotopic (exact) mass is 413 g/mol. The second kappa shape index (κ2) is 8.69. The Morgan fingerprint density at radius 1 is 0.857 bits per heavy atom. The third-order valence-corrected chi connectivity index (χ3v) is 5.05. The van der Waals surface area contributed by atoms with E-state index in [1.807, 2.05) is 0 Å². The molecule has 0 bridgehead atoms. The van der Waals surface area contributed by atoms with Crippen LogP contribution in [0.3, 0.4) is 0 Å². The molecule has 0 aliphatic heterocycles. The van der Waals surface area contributed by atoms with Gasteiger partial charge >= 0.3 is 0 Å². The van der Waals surface area contributed by atoms with Crippen molar-refractivity contribution in [2.75, 3.05) is 17.7 Å². The summed E-state index contributed by atoms with van der Waals surface area (Å²) in [6.07, 6.45) is 0. The van der Waals surface area contributed by atoms with Crippen molar-refractivity contribution in [2.45, 2.75) is 0 Å². The minimum atomic E-state index is -0.365. The van der Waals surface area contributed by atoms with Gasteiger partial charge in [0.2, 0.25) is 0 Å². The lowest BCUT2D eigenvalue weighted by Gasteiger charge is -2.10. The number of carbonyl (C=O) groups is 3. The summed E-state index contributed by atoms with van der Waals surface area (Å²) in [5.74, 6) is -0.864. The molecule has 1 aromatic heterocycles. The predicted octanol–water partition coefficient (Wildman–Crippen LogP) is 4.27. The number of hydrogen-bond donors (Lipinski definition) is 3. The molecule has 3 rings (SSSR count). The van der Waals surface area contributed by atoms with E-state index in [-0.39, 0.29) is 17.7 Å². The van der Waals surface area contributed by atoms with Crippen LogP contribution in [-0.2, 0) is 0 Å². The van der Waals surface area contributed by atoms with Crippen LogP contribution in [0.25, 0.3) is 0 Å². The van der Waals surface area contributed by atoms with Crippen LogP contribution in [0.5, 0.6) is 0 Å². The van der Waals surface area contributed by atoms with Gasteiger partial charge in [-0.1, -0.05) is 17.7 Å². The van der Waals surface area contributed by atoms with Gasteiger partial charge in [0, 0.05) is 23.9 Å². The van der Waals surface area contributed by atoms with Crippen molar-refractivity contribution < 1.29 is 14.4 Å². The zero-order valence-electron chi connectivity index (χ0n) is 14.8. The number of nitrogens with one attached hydrogen (secondary N) is 3. The third kappa shape index (κ3) is 4.57. The quantitative estimate of drug-likeness (QED) is 0.583.